The third kappa shape index (κ3) is 3.94. The number of nitrogens with two attached hydrogens (primary N) is 1. The summed E-state index contributed by atoms with van der Waals surface area (Å²) in [6.45, 7) is 2.24. The molecule has 0 radical (unpaired) electrons. The first-order chi connectivity index (χ1) is 6.53. The summed E-state index contributed by atoms with van der Waals surface area (Å²) < 4.78 is 25.0. The summed E-state index contributed by atoms with van der Waals surface area (Å²) in [5, 5.41) is 0. The Morgan fingerprint density at radius 2 is 1.86 bits per heavy atom. The van der Waals surface area contributed by atoms with Gasteiger partial charge >= 0.3 is 0 Å². The fraction of sp³-hybridized carbons (Fsp3) is 1.00. The van der Waals surface area contributed by atoms with Crippen molar-refractivity contribution in [1.29, 1.82) is 0 Å². The van der Waals surface area contributed by atoms with Crippen LogP contribution in [0.3, 0.4) is 0 Å². The van der Waals surface area contributed by atoms with Crippen LogP contribution in [-0.2, 0) is 10.0 Å². The Morgan fingerprint density at radius 1 is 1.29 bits per heavy atom. The molecule has 84 valence electrons. The average molecular weight is 220 g/mol. The van der Waals surface area contributed by atoms with Gasteiger partial charge in [-0.3, -0.25) is 0 Å². The second kappa shape index (κ2) is 5.09. The molecule has 1 aliphatic rings. The molecule has 1 aliphatic carbocycles. The van der Waals surface area contributed by atoms with Gasteiger partial charge in [0.15, 0.2) is 0 Å². The van der Waals surface area contributed by atoms with Gasteiger partial charge in [-0.25, -0.2) is 13.1 Å². The molecule has 14 heavy (non-hydrogen) atoms. The van der Waals surface area contributed by atoms with Crippen molar-refractivity contribution in [3.63, 3.8) is 0 Å². The van der Waals surface area contributed by atoms with Crippen LogP contribution in [0.5, 0.6) is 0 Å². The van der Waals surface area contributed by atoms with E-state index in [1.54, 1.807) is 6.92 Å². The Kier molecular flexibility index (Phi) is 4.34. The lowest BCUT2D eigenvalue weighted by atomic mass is 9.87. The van der Waals surface area contributed by atoms with Gasteiger partial charge in [0.05, 0.1) is 5.75 Å². The van der Waals surface area contributed by atoms with Crippen molar-refractivity contribution < 1.29 is 8.42 Å². The summed E-state index contributed by atoms with van der Waals surface area (Å²) >= 11 is 0. The van der Waals surface area contributed by atoms with Gasteiger partial charge in [-0.15, -0.1) is 0 Å². The number of nitrogens with one attached hydrogen (secondary N) is 1. The van der Waals surface area contributed by atoms with E-state index in [1.165, 1.54) is 0 Å². The molecule has 0 aromatic heterocycles. The van der Waals surface area contributed by atoms with E-state index in [4.69, 9.17) is 5.73 Å². The molecule has 1 fully saturated rings. The lowest BCUT2D eigenvalue weighted by molar-refractivity contribution is 0.326. The van der Waals surface area contributed by atoms with E-state index in [2.05, 4.69) is 4.72 Å². The second-order valence-electron chi connectivity index (χ2n) is 4.03. The largest absolute Gasteiger partial charge is 0.328 e. The van der Waals surface area contributed by atoms with Crippen LogP contribution < -0.4 is 10.5 Å². The first-order valence-corrected chi connectivity index (χ1v) is 6.91. The minimum Gasteiger partial charge on any atom is -0.328 e. The van der Waals surface area contributed by atoms with E-state index >= 15 is 0 Å². The standard InChI is InChI=1S/C9H20N2O2S/c1-2-14(12,13)11-7-8-3-5-9(10)6-4-8/h8-9,11H,2-7,10H2,1H3/t8-,9-. The zero-order valence-corrected chi connectivity index (χ0v) is 9.52. The number of rotatable bonds is 4. The van der Waals surface area contributed by atoms with E-state index in [0.717, 1.165) is 25.7 Å². The lowest BCUT2D eigenvalue weighted by Crippen LogP contribution is -2.34. The average Bonchev–Trinajstić information content (AvgIpc) is 2.17. The normalized spacial score (nSPS) is 29.0. The Morgan fingerprint density at radius 3 is 2.36 bits per heavy atom. The maximum Gasteiger partial charge on any atom is 0.211 e. The fourth-order valence-corrected chi connectivity index (χ4v) is 2.43. The van der Waals surface area contributed by atoms with Crippen molar-refractivity contribution in [3.8, 4) is 0 Å². The van der Waals surface area contributed by atoms with E-state index in [9.17, 15) is 8.42 Å². The molecule has 0 bridgehead atoms. The SMILES string of the molecule is CCS(=O)(=O)NC[C@H]1CC[C@H](N)CC1. The summed E-state index contributed by atoms with van der Waals surface area (Å²) in [4.78, 5) is 0. The van der Waals surface area contributed by atoms with Gasteiger partial charge in [-0.05, 0) is 38.5 Å². The highest BCUT2D eigenvalue weighted by Crippen LogP contribution is 2.22. The summed E-state index contributed by atoms with van der Waals surface area (Å²) in [5.74, 6) is 0.648. The number of hydrogen-bond donors (Lipinski definition) is 2. The third-order valence-electron chi connectivity index (χ3n) is 2.86. The van der Waals surface area contributed by atoms with Crippen LogP contribution in [0.15, 0.2) is 0 Å². The molecule has 0 spiro atoms. The first kappa shape index (κ1) is 11.9. The van der Waals surface area contributed by atoms with Crippen LogP contribution in [0, 0.1) is 5.92 Å². The van der Waals surface area contributed by atoms with Crippen molar-refractivity contribution in [1.82, 2.24) is 4.72 Å². The van der Waals surface area contributed by atoms with Crippen LogP contribution in [0.2, 0.25) is 0 Å². The molecule has 0 aromatic carbocycles. The van der Waals surface area contributed by atoms with Crippen LogP contribution in [0.25, 0.3) is 0 Å². The Labute approximate surface area is 86.3 Å². The third-order valence-corrected chi connectivity index (χ3v) is 4.23. The van der Waals surface area contributed by atoms with Crippen molar-refractivity contribution in [2.24, 2.45) is 11.7 Å². The molecule has 0 aliphatic heterocycles. The zero-order valence-electron chi connectivity index (χ0n) is 8.70. The minimum absolute atomic E-state index is 0.166. The zero-order chi connectivity index (χ0) is 10.6. The van der Waals surface area contributed by atoms with Crippen molar-refractivity contribution >= 4 is 10.0 Å². The Bertz CT molecular complexity index is 256. The summed E-state index contributed by atoms with van der Waals surface area (Å²) in [6, 6.07) is 0.328. The molecule has 0 aromatic rings. The smallest absolute Gasteiger partial charge is 0.211 e. The highest BCUT2D eigenvalue weighted by atomic mass is 32.2. The van der Waals surface area contributed by atoms with Gasteiger partial charge in [-0.1, -0.05) is 0 Å². The minimum atomic E-state index is -3.01. The number of hydrogen-bond acceptors (Lipinski definition) is 3. The predicted molar refractivity (Wildman–Crippen MR) is 57.4 cm³/mol. The molecule has 0 saturated heterocycles. The molecule has 5 heteroatoms. The highest BCUT2D eigenvalue weighted by molar-refractivity contribution is 7.89. The monoisotopic (exact) mass is 220 g/mol. The van der Waals surface area contributed by atoms with Gasteiger partial charge in [0.1, 0.15) is 0 Å². The van der Waals surface area contributed by atoms with Gasteiger partial charge in [0.25, 0.3) is 0 Å². The molecule has 0 unspecified atom stereocenters. The van der Waals surface area contributed by atoms with E-state index in [1.807, 2.05) is 0 Å². The van der Waals surface area contributed by atoms with Gasteiger partial charge < -0.3 is 5.73 Å². The molecular formula is C9H20N2O2S. The first-order valence-electron chi connectivity index (χ1n) is 5.26. The quantitative estimate of drug-likeness (QED) is 0.722. The molecule has 4 nitrogen and oxygen atoms in total. The maximum atomic E-state index is 11.2. The summed E-state index contributed by atoms with van der Waals surface area (Å²) in [6.07, 6.45) is 4.15. The fourth-order valence-electron chi connectivity index (χ4n) is 1.74. The lowest BCUT2D eigenvalue weighted by Gasteiger charge is -2.25. The summed E-state index contributed by atoms with van der Waals surface area (Å²) in [7, 11) is -3.01. The highest BCUT2D eigenvalue weighted by Gasteiger charge is 2.19. The van der Waals surface area contributed by atoms with E-state index < -0.39 is 10.0 Å². The van der Waals surface area contributed by atoms with Crippen LogP contribution >= 0.6 is 0 Å². The molecule has 0 heterocycles. The molecule has 3 N–H and O–H groups in total. The van der Waals surface area contributed by atoms with Gasteiger partial charge in [0.2, 0.25) is 10.0 Å². The second-order valence-corrected chi connectivity index (χ2v) is 6.13. The number of sulfonamides is 1. The Hall–Kier alpha value is -0.130. The topological polar surface area (TPSA) is 72.2 Å². The van der Waals surface area contributed by atoms with E-state index in [-0.39, 0.29) is 5.75 Å². The van der Waals surface area contributed by atoms with Crippen molar-refractivity contribution in [3.05, 3.63) is 0 Å². The van der Waals surface area contributed by atoms with Crippen molar-refractivity contribution in [2.45, 2.75) is 38.6 Å². The molecule has 0 atom stereocenters. The Balaban J connectivity index is 2.26. The van der Waals surface area contributed by atoms with Gasteiger partial charge in [-0.2, -0.15) is 0 Å². The molecular weight excluding hydrogens is 200 g/mol. The predicted octanol–water partition coefficient (Wildman–Crippen LogP) is 0.443. The molecule has 1 saturated carbocycles. The maximum absolute atomic E-state index is 11.2. The van der Waals surface area contributed by atoms with Crippen molar-refractivity contribution in [2.75, 3.05) is 12.3 Å². The van der Waals surface area contributed by atoms with Crippen LogP contribution in [-0.4, -0.2) is 26.8 Å². The molecule has 1 rings (SSSR count). The van der Waals surface area contributed by atoms with Crippen LogP contribution in [0.4, 0.5) is 0 Å². The summed E-state index contributed by atoms with van der Waals surface area (Å²) in [5.41, 5.74) is 5.77. The molecule has 0 amide bonds. The van der Waals surface area contributed by atoms with Gasteiger partial charge in [0, 0.05) is 12.6 Å². The van der Waals surface area contributed by atoms with E-state index in [0.29, 0.717) is 18.5 Å². The van der Waals surface area contributed by atoms with Crippen LogP contribution in [0.1, 0.15) is 32.6 Å².